The Labute approximate surface area is 188 Å². The highest BCUT2D eigenvalue weighted by molar-refractivity contribution is 5.83. The van der Waals surface area contributed by atoms with Crippen molar-refractivity contribution in [3.63, 3.8) is 0 Å². The molecule has 0 N–H and O–H groups in total. The van der Waals surface area contributed by atoms with E-state index >= 15 is 0 Å². The minimum Gasteiger partial charge on any atom is -0.490 e. The highest BCUT2D eigenvalue weighted by atomic mass is 19.2. The van der Waals surface area contributed by atoms with E-state index in [0.29, 0.717) is 6.61 Å². The molecule has 0 amide bonds. The van der Waals surface area contributed by atoms with Gasteiger partial charge >= 0.3 is 0 Å². The lowest BCUT2D eigenvalue weighted by molar-refractivity contribution is -0.123. The summed E-state index contributed by atoms with van der Waals surface area (Å²) in [5.41, 5.74) is 0.152. The number of hydrogen-bond acceptors (Lipinski definition) is 2. The Hall–Kier alpha value is -1.45. The Morgan fingerprint density at radius 2 is 1.52 bits per heavy atom. The minimum atomic E-state index is -0.962. The fourth-order valence-corrected chi connectivity index (χ4v) is 4.67. The zero-order chi connectivity index (χ0) is 22.5. The highest BCUT2D eigenvalue weighted by Crippen LogP contribution is 2.33. The van der Waals surface area contributed by atoms with Crippen molar-refractivity contribution < 1.29 is 18.3 Å². The van der Waals surface area contributed by atoms with Crippen LogP contribution in [0, 0.1) is 23.5 Å². The van der Waals surface area contributed by atoms with E-state index in [4.69, 9.17) is 4.74 Å². The Kier molecular flexibility index (Phi) is 12.1. The van der Waals surface area contributed by atoms with Crippen LogP contribution in [0.4, 0.5) is 8.78 Å². The van der Waals surface area contributed by atoms with E-state index < -0.39 is 11.6 Å². The quantitative estimate of drug-likeness (QED) is 0.259. The maximum atomic E-state index is 14.5. The van der Waals surface area contributed by atoms with Gasteiger partial charge in [-0.25, -0.2) is 4.39 Å². The standard InChI is InChI=1S/C27H42F2O2/c1-3-5-7-8-9-11-19-31-25-18-17-23(26(28)27(25)29)20-24(30)22-15-13-21(14-16-22)12-10-6-4-2/h17-18,21-22H,3-16,19-20H2,1-2H3. The first-order valence-electron chi connectivity index (χ1n) is 12.7. The predicted molar refractivity (Wildman–Crippen MR) is 124 cm³/mol. The van der Waals surface area contributed by atoms with Crippen LogP contribution in [0.2, 0.25) is 0 Å². The van der Waals surface area contributed by atoms with E-state index in [0.717, 1.165) is 50.9 Å². The van der Waals surface area contributed by atoms with Crippen LogP contribution in [0.25, 0.3) is 0 Å². The first-order valence-corrected chi connectivity index (χ1v) is 12.7. The van der Waals surface area contributed by atoms with Crippen molar-refractivity contribution in [1.82, 2.24) is 0 Å². The van der Waals surface area contributed by atoms with Gasteiger partial charge in [0.05, 0.1) is 6.61 Å². The van der Waals surface area contributed by atoms with E-state index in [1.807, 2.05) is 0 Å². The Bertz CT molecular complexity index is 651. The normalized spacial score (nSPS) is 18.8. The van der Waals surface area contributed by atoms with Gasteiger partial charge in [0, 0.05) is 12.3 Å². The summed E-state index contributed by atoms with van der Waals surface area (Å²) in [4.78, 5) is 12.7. The van der Waals surface area contributed by atoms with Crippen molar-refractivity contribution in [2.45, 2.75) is 110 Å². The molecule has 4 heteroatoms. The largest absolute Gasteiger partial charge is 0.490 e. The van der Waals surface area contributed by atoms with Gasteiger partial charge in [0.25, 0.3) is 0 Å². The average molecular weight is 437 g/mol. The van der Waals surface area contributed by atoms with E-state index in [-0.39, 0.29) is 29.4 Å². The highest BCUT2D eigenvalue weighted by Gasteiger charge is 2.27. The predicted octanol–water partition coefficient (Wildman–Crippen LogP) is 8.20. The van der Waals surface area contributed by atoms with Crippen molar-refractivity contribution in [3.05, 3.63) is 29.3 Å². The summed E-state index contributed by atoms with van der Waals surface area (Å²) < 4.78 is 34.4. The van der Waals surface area contributed by atoms with Gasteiger partial charge in [-0.15, -0.1) is 0 Å². The molecule has 1 saturated carbocycles. The molecule has 0 spiro atoms. The number of hydrogen-bond donors (Lipinski definition) is 0. The van der Waals surface area contributed by atoms with Gasteiger partial charge in [-0.3, -0.25) is 4.79 Å². The molecule has 0 bridgehead atoms. The Morgan fingerprint density at radius 1 is 0.871 bits per heavy atom. The summed E-state index contributed by atoms with van der Waals surface area (Å²) in [7, 11) is 0. The number of Topliss-reactive ketones (excluding diaryl/α,β-unsaturated/α-hetero) is 1. The smallest absolute Gasteiger partial charge is 0.200 e. The second kappa shape index (κ2) is 14.6. The van der Waals surface area contributed by atoms with Crippen LogP contribution >= 0.6 is 0 Å². The lowest BCUT2D eigenvalue weighted by atomic mass is 9.77. The molecule has 176 valence electrons. The van der Waals surface area contributed by atoms with Crippen LogP contribution in [-0.4, -0.2) is 12.4 Å². The number of halogens is 2. The molecule has 1 aliphatic carbocycles. The molecular weight excluding hydrogens is 394 g/mol. The van der Waals surface area contributed by atoms with Crippen molar-refractivity contribution in [1.29, 1.82) is 0 Å². The maximum Gasteiger partial charge on any atom is 0.200 e. The third kappa shape index (κ3) is 8.90. The molecule has 1 aromatic rings. The van der Waals surface area contributed by atoms with Gasteiger partial charge < -0.3 is 4.74 Å². The van der Waals surface area contributed by atoms with Crippen LogP contribution < -0.4 is 4.74 Å². The number of benzene rings is 1. The second-order valence-corrected chi connectivity index (χ2v) is 9.32. The molecule has 2 nitrogen and oxygen atoms in total. The number of unbranched alkanes of at least 4 members (excludes halogenated alkanes) is 7. The molecule has 0 unspecified atom stereocenters. The van der Waals surface area contributed by atoms with E-state index in [1.54, 1.807) is 0 Å². The number of carbonyl (C=O) groups is 1. The molecule has 2 rings (SSSR count). The molecule has 0 heterocycles. The zero-order valence-corrected chi connectivity index (χ0v) is 19.7. The lowest BCUT2D eigenvalue weighted by Gasteiger charge is -2.27. The zero-order valence-electron chi connectivity index (χ0n) is 19.7. The molecule has 31 heavy (non-hydrogen) atoms. The van der Waals surface area contributed by atoms with Crippen LogP contribution in [0.3, 0.4) is 0 Å². The van der Waals surface area contributed by atoms with Crippen LogP contribution in [0.5, 0.6) is 5.75 Å². The van der Waals surface area contributed by atoms with Crippen LogP contribution in [-0.2, 0) is 11.2 Å². The van der Waals surface area contributed by atoms with Gasteiger partial charge in [-0.1, -0.05) is 77.7 Å². The van der Waals surface area contributed by atoms with E-state index in [1.165, 1.54) is 57.1 Å². The van der Waals surface area contributed by atoms with Crippen LogP contribution in [0.15, 0.2) is 12.1 Å². The number of rotatable bonds is 15. The fourth-order valence-electron chi connectivity index (χ4n) is 4.67. The third-order valence-corrected chi connectivity index (χ3v) is 6.77. The summed E-state index contributed by atoms with van der Waals surface area (Å²) in [6.07, 6.45) is 15.7. The molecular formula is C27H42F2O2. The summed E-state index contributed by atoms with van der Waals surface area (Å²) in [6.45, 7) is 4.78. The monoisotopic (exact) mass is 436 g/mol. The first-order chi connectivity index (χ1) is 15.1. The van der Waals surface area contributed by atoms with Gasteiger partial charge in [-0.2, -0.15) is 4.39 Å². The number of ether oxygens (including phenoxy) is 1. The van der Waals surface area contributed by atoms with Crippen molar-refractivity contribution >= 4 is 5.78 Å². The Morgan fingerprint density at radius 3 is 2.23 bits per heavy atom. The molecule has 0 aromatic heterocycles. The maximum absolute atomic E-state index is 14.5. The summed E-state index contributed by atoms with van der Waals surface area (Å²) in [5, 5.41) is 0. The SMILES string of the molecule is CCCCCCCCOc1ccc(CC(=O)C2CCC(CCCCC)CC2)c(F)c1F. The van der Waals surface area contributed by atoms with E-state index in [9.17, 15) is 13.6 Å². The fraction of sp³-hybridized carbons (Fsp3) is 0.741. The van der Waals surface area contributed by atoms with Gasteiger partial charge in [0.1, 0.15) is 5.78 Å². The van der Waals surface area contributed by atoms with Crippen molar-refractivity contribution in [3.8, 4) is 5.75 Å². The van der Waals surface area contributed by atoms with Crippen LogP contribution in [0.1, 0.15) is 109 Å². The summed E-state index contributed by atoms with van der Waals surface area (Å²) in [5.74, 6) is -1.17. The number of ketones is 1. The van der Waals surface area contributed by atoms with E-state index in [2.05, 4.69) is 13.8 Å². The minimum absolute atomic E-state index is 0.00600. The molecule has 0 aliphatic heterocycles. The number of carbonyl (C=O) groups excluding carboxylic acids is 1. The molecule has 1 aliphatic rings. The van der Waals surface area contributed by atoms with Crippen molar-refractivity contribution in [2.24, 2.45) is 11.8 Å². The molecule has 0 radical (unpaired) electrons. The summed E-state index contributed by atoms with van der Waals surface area (Å²) in [6, 6.07) is 2.99. The Balaban J connectivity index is 1.76. The molecule has 0 atom stereocenters. The van der Waals surface area contributed by atoms with Gasteiger partial charge in [0.15, 0.2) is 11.6 Å². The molecule has 1 aromatic carbocycles. The third-order valence-electron chi connectivity index (χ3n) is 6.77. The molecule has 0 saturated heterocycles. The van der Waals surface area contributed by atoms with Crippen molar-refractivity contribution in [2.75, 3.05) is 6.61 Å². The average Bonchev–Trinajstić information content (AvgIpc) is 2.78. The topological polar surface area (TPSA) is 26.3 Å². The lowest BCUT2D eigenvalue weighted by Crippen LogP contribution is -2.23. The van der Waals surface area contributed by atoms with Gasteiger partial charge in [-0.05, 0) is 49.7 Å². The first kappa shape index (κ1) is 25.8. The second-order valence-electron chi connectivity index (χ2n) is 9.32. The van der Waals surface area contributed by atoms with Gasteiger partial charge in [0.2, 0.25) is 5.82 Å². The molecule has 1 fully saturated rings. The summed E-state index contributed by atoms with van der Waals surface area (Å²) >= 11 is 0.